The van der Waals surface area contributed by atoms with Gasteiger partial charge in [0.25, 0.3) is 7.52 Å². The fourth-order valence-electron chi connectivity index (χ4n) is 1.34. The van der Waals surface area contributed by atoms with E-state index in [9.17, 15) is 9.36 Å². The van der Waals surface area contributed by atoms with Crippen LogP contribution in [0.5, 0.6) is 0 Å². The largest absolute Gasteiger partial charge is 0.463 e. The second-order valence-corrected chi connectivity index (χ2v) is 5.91. The highest BCUT2D eigenvalue weighted by atomic mass is 31.2. The number of nitrogens with zero attached hydrogens (tertiary/aromatic N) is 1. The first-order chi connectivity index (χ1) is 7.03. The zero-order valence-electron chi connectivity index (χ0n) is 9.23. The first-order valence-corrected chi connectivity index (χ1v) is 6.52. The van der Waals surface area contributed by atoms with E-state index in [4.69, 9.17) is 9.26 Å². The van der Waals surface area contributed by atoms with Crippen LogP contribution in [0.2, 0.25) is 0 Å². The SMILES string of the molecule is CCOC(=O)C1=CCN(C)P(=O)(OC)C1. The van der Waals surface area contributed by atoms with Crippen molar-refractivity contribution in [3.63, 3.8) is 0 Å². The van der Waals surface area contributed by atoms with Crippen molar-refractivity contribution >= 4 is 13.5 Å². The van der Waals surface area contributed by atoms with Crippen molar-refractivity contribution in [3.05, 3.63) is 11.6 Å². The molecule has 0 aromatic carbocycles. The molecule has 0 saturated heterocycles. The third kappa shape index (κ3) is 2.68. The van der Waals surface area contributed by atoms with E-state index in [2.05, 4.69) is 0 Å². The predicted molar refractivity (Wildman–Crippen MR) is 56.8 cm³/mol. The molecule has 5 nitrogen and oxygen atoms in total. The molecule has 0 bridgehead atoms. The highest BCUT2D eigenvalue weighted by Gasteiger charge is 2.34. The summed E-state index contributed by atoms with van der Waals surface area (Å²) in [5.41, 5.74) is 0.445. The topological polar surface area (TPSA) is 55.8 Å². The molecule has 1 aliphatic heterocycles. The summed E-state index contributed by atoms with van der Waals surface area (Å²) in [7, 11) is 0.250. The summed E-state index contributed by atoms with van der Waals surface area (Å²) in [4.78, 5) is 11.4. The van der Waals surface area contributed by atoms with Gasteiger partial charge in [-0.1, -0.05) is 6.08 Å². The number of hydrogen-bond donors (Lipinski definition) is 0. The molecule has 86 valence electrons. The third-order valence-corrected chi connectivity index (χ3v) is 4.83. The minimum absolute atomic E-state index is 0.124. The molecule has 0 saturated carbocycles. The Morgan fingerprint density at radius 1 is 1.67 bits per heavy atom. The molecule has 1 aliphatic rings. The first-order valence-electron chi connectivity index (χ1n) is 4.76. The van der Waals surface area contributed by atoms with Crippen LogP contribution < -0.4 is 0 Å². The first kappa shape index (κ1) is 12.4. The lowest BCUT2D eigenvalue weighted by Gasteiger charge is -2.29. The van der Waals surface area contributed by atoms with Gasteiger partial charge < -0.3 is 9.26 Å². The minimum atomic E-state index is -2.85. The highest BCUT2D eigenvalue weighted by Crippen LogP contribution is 2.52. The van der Waals surface area contributed by atoms with Crippen LogP contribution in [0.15, 0.2) is 11.6 Å². The van der Waals surface area contributed by atoms with Gasteiger partial charge >= 0.3 is 5.97 Å². The van der Waals surface area contributed by atoms with Crippen molar-refractivity contribution in [2.24, 2.45) is 0 Å². The van der Waals surface area contributed by atoms with Gasteiger partial charge in [-0.2, -0.15) is 0 Å². The molecule has 0 aromatic rings. The fourth-order valence-corrected chi connectivity index (χ4v) is 3.01. The number of carbonyl (C=O) groups is 1. The average molecular weight is 233 g/mol. The van der Waals surface area contributed by atoms with Gasteiger partial charge in [0.1, 0.15) is 0 Å². The van der Waals surface area contributed by atoms with Crippen LogP contribution in [0, 0.1) is 0 Å². The lowest BCUT2D eigenvalue weighted by Crippen LogP contribution is -2.26. The molecule has 15 heavy (non-hydrogen) atoms. The quantitative estimate of drug-likeness (QED) is 0.542. The van der Waals surface area contributed by atoms with E-state index < -0.39 is 13.5 Å². The third-order valence-electron chi connectivity index (χ3n) is 2.32. The molecule has 1 heterocycles. The Morgan fingerprint density at radius 3 is 2.87 bits per heavy atom. The number of esters is 1. The van der Waals surface area contributed by atoms with Crippen LogP contribution in [-0.4, -0.2) is 44.1 Å². The second-order valence-electron chi connectivity index (χ2n) is 3.27. The summed E-state index contributed by atoms with van der Waals surface area (Å²) in [6.45, 7) is 2.51. The summed E-state index contributed by atoms with van der Waals surface area (Å²) in [6, 6.07) is 0. The molecule has 0 radical (unpaired) electrons. The van der Waals surface area contributed by atoms with Gasteiger partial charge in [-0.15, -0.1) is 0 Å². The monoisotopic (exact) mass is 233 g/mol. The molecular formula is C9H16NO4P. The number of rotatable bonds is 3. The number of hydrogen-bond acceptors (Lipinski definition) is 4. The summed E-state index contributed by atoms with van der Waals surface area (Å²) in [6.07, 6.45) is 1.85. The van der Waals surface area contributed by atoms with Crippen molar-refractivity contribution in [1.29, 1.82) is 0 Å². The number of likely N-dealkylation sites (N-methyl/N-ethyl adjacent to an activating group) is 1. The van der Waals surface area contributed by atoms with E-state index in [0.29, 0.717) is 18.7 Å². The van der Waals surface area contributed by atoms with E-state index >= 15 is 0 Å². The molecule has 0 spiro atoms. The summed E-state index contributed by atoms with van der Waals surface area (Å²) in [5.74, 6) is -0.400. The Kier molecular flexibility index (Phi) is 4.08. The van der Waals surface area contributed by atoms with Gasteiger partial charge in [-0.05, 0) is 14.0 Å². The number of carbonyl (C=O) groups excluding carboxylic acids is 1. The summed E-state index contributed by atoms with van der Waals surface area (Å²) >= 11 is 0. The predicted octanol–water partition coefficient (Wildman–Crippen LogP) is 1.26. The lowest BCUT2D eigenvalue weighted by atomic mass is 10.3. The minimum Gasteiger partial charge on any atom is -0.463 e. The summed E-state index contributed by atoms with van der Waals surface area (Å²) in [5, 5.41) is 0. The molecule has 0 N–H and O–H groups in total. The maximum atomic E-state index is 12.1. The van der Waals surface area contributed by atoms with Gasteiger partial charge in [0.15, 0.2) is 0 Å². The average Bonchev–Trinajstić information content (AvgIpc) is 2.22. The smallest absolute Gasteiger partial charge is 0.334 e. The van der Waals surface area contributed by atoms with Gasteiger partial charge in [-0.3, -0.25) is 4.57 Å². The van der Waals surface area contributed by atoms with Crippen molar-refractivity contribution in [2.45, 2.75) is 6.92 Å². The summed E-state index contributed by atoms with van der Waals surface area (Å²) < 4.78 is 23.6. The zero-order chi connectivity index (χ0) is 11.5. The molecule has 0 amide bonds. The maximum Gasteiger partial charge on any atom is 0.334 e. The van der Waals surface area contributed by atoms with E-state index in [1.807, 2.05) is 0 Å². The Balaban J connectivity index is 2.80. The van der Waals surface area contributed by atoms with Crippen LogP contribution in [-0.2, 0) is 18.6 Å². The Hall–Kier alpha value is -0.640. The van der Waals surface area contributed by atoms with E-state index in [1.54, 1.807) is 24.7 Å². The van der Waals surface area contributed by atoms with Gasteiger partial charge in [0.2, 0.25) is 0 Å². The van der Waals surface area contributed by atoms with Crippen LogP contribution in [0.4, 0.5) is 0 Å². The molecule has 1 rings (SSSR count). The fraction of sp³-hybridized carbons (Fsp3) is 0.667. The standard InChI is InChI=1S/C9H16NO4P/c1-4-14-9(11)8-5-6-10(2)15(12,7-8)13-3/h5H,4,6-7H2,1-3H3. The van der Waals surface area contributed by atoms with Crippen molar-refractivity contribution in [2.75, 3.05) is 33.5 Å². The van der Waals surface area contributed by atoms with E-state index in [-0.39, 0.29) is 6.16 Å². The van der Waals surface area contributed by atoms with Crippen molar-refractivity contribution in [1.82, 2.24) is 4.67 Å². The van der Waals surface area contributed by atoms with E-state index in [0.717, 1.165) is 0 Å². The molecule has 0 aliphatic carbocycles. The molecule has 1 unspecified atom stereocenters. The van der Waals surface area contributed by atoms with Crippen LogP contribution in [0.1, 0.15) is 6.92 Å². The lowest BCUT2D eigenvalue weighted by molar-refractivity contribution is -0.138. The van der Waals surface area contributed by atoms with Gasteiger partial charge in [0, 0.05) is 19.2 Å². The Labute approximate surface area is 89.5 Å². The van der Waals surface area contributed by atoms with Crippen molar-refractivity contribution < 1.29 is 18.6 Å². The molecule has 6 heteroatoms. The molecule has 1 atom stereocenters. The van der Waals surface area contributed by atoms with Crippen LogP contribution in [0.3, 0.4) is 0 Å². The van der Waals surface area contributed by atoms with Gasteiger partial charge in [0.05, 0.1) is 12.8 Å². The highest BCUT2D eigenvalue weighted by molar-refractivity contribution is 7.56. The van der Waals surface area contributed by atoms with Crippen LogP contribution >= 0.6 is 7.52 Å². The molecule has 0 aromatic heterocycles. The van der Waals surface area contributed by atoms with Gasteiger partial charge in [-0.25, -0.2) is 9.46 Å². The Bertz CT molecular complexity index is 326. The van der Waals surface area contributed by atoms with Crippen molar-refractivity contribution in [3.8, 4) is 0 Å². The van der Waals surface area contributed by atoms with E-state index in [1.165, 1.54) is 7.11 Å². The Morgan fingerprint density at radius 2 is 2.33 bits per heavy atom. The molecular weight excluding hydrogens is 217 g/mol. The normalized spacial score (nSPS) is 27.3. The van der Waals surface area contributed by atoms with Crippen LogP contribution in [0.25, 0.3) is 0 Å². The molecule has 0 fully saturated rings. The second kappa shape index (κ2) is 4.92. The number of ether oxygens (including phenoxy) is 1. The zero-order valence-corrected chi connectivity index (χ0v) is 10.1. The maximum absolute atomic E-state index is 12.1.